The average molecular weight is 269 g/mol. The number of nitrogens with one attached hydrogen (secondary N) is 1. The smallest absolute Gasteiger partial charge is 0.259 e. The molecule has 3 N–H and O–H groups in total. The first kappa shape index (κ1) is 15.4. The van der Waals surface area contributed by atoms with Gasteiger partial charge in [-0.25, -0.2) is 18.1 Å². The lowest BCUT2D eigenvalue weighted by Crippen LogP contribution is -2.37. The van der Waals surface area contributed by atoms with Crippen LogP contribution in [0.2, 0.25) is 0 Å². The molecule has 0 radical (unpaired) electrons. The second-order valence-corrected chi connectivity index (χ2v) is 5.16. The summed E-state index contributed by atoms with van der Waals surface area (Å²) in [5, 5.41) is 0.0304. The van der Waals surface area contributed by atoms with Gasteiger partial charge in [0.2, 0.25) is 0 Å². The molecule has 0 aliphatic heterocycles. The van der Waals surface area contributed by atoms with Crippen molar-refractivity contribution in [2.75, 3.05) is 6.54 Å². The number of hydrogen-bond donors (Lipinski definition) is 2. The van der Waals surface area contributed by atoms with Gasteiger partial charge in [-0.3, -0.25) is 0 Å². The van der Waals surface area contributed by atoms with Gasteiger partial charge in [0.05, 0.1) is 0 Å². The molecule has 0 saturated heterocycles. The first-order chi connectivity index (χ1) is 6.86. The first-order valence-corrected chi connectivity index (χ1v) is 6.07. The Morgan fingerprint density at radius 3 is 2.56 bits per heavy atom. The van der Waals surface area contributed by atoms with Gasteiger partial charge in [-0.05, 0) is 13.8 Å². The number of halogens is 1. The molecule has 1 atom stereocenters. The van der Waals surface area contributed by atoms with Crippen molar-refractivity contribution in [3.05, 3.63) is 12.0 Å². The molecule has 0 aliphatic carbocycles. The molecule has 0 fully saturated rings. The largest absolute Gasteiger partial charge is 0.337 e. The molecule has 0 aromatic carbocycles. The second-order valence-electron chi connectivity index (χ2n) is 3.50. The topological polar surface area (TPSA) is 90.0 Å². The van der Waals surface area contributed by atoms with Crippen molar-refractivity contribution in [2.24, 2.45) is 12.8 Å². The summed E-state index contributed by atoms with van der Waals surface area (Å²) >= 11 is 0. The summed E-state index contributed by atoms with van der Waals surface area (Å²) in [5.74, 6) is 0.649. The Hall–Kier alpha value is -0.630. The third-order valence-corrected chi connectivity index (χ3v) is 3.53. The molecule has 1 aromatic rings. The molecular formula is C8H17ClN4O2S. The van der Waals surface area contributed by atoms with Gasteiger partial charge < -0.3 is 10.3 Å². The van der Waals surface area contributed by atoms with Crippen LogP contribution in [0.4, 0.5) is 0 Å². The van der Waals surface area contributed by atoms with E-state index in [-0.39, 0.29) is 30.0 Å². The quantitative estimate of drug-likeness (QED) is 0.790. The van der Waals surface area contributed by atoms with Crippen LogP contribution in [0.3, 0.4) is 0 Å². The molecule has 94 valence electrons. The minimum atomic E-state index is -3.54. The van der Waals surface area contributed by atoms with Crippen LogP contribution in [0.1, 0.15) is 12.7 Å². The molecule has 0 unspecified atom stereocenters. The highest BCUT2D eigenvalue weighted by Gasteiger charge is 2.20. The van der Waals surface area contributed by atoms with Crippen LogP contribution < -0.4 is 10.5 Å². The fourth-order valence-electron chi connectivity index (χ4n) is 1.03. The van der Waals surface area contributed by atoms with E-state index in [1.54, 1.807) is 25.5 Å². The number of hydrogen-bond acceptors (Lipinski definition) is 4. The van der Waals surface area contributed by atoms with Gasteiger partial charge in [0.25, 0.3) is 10.0 Å². The second kappa shape index (κ2) is 5.62. The summed E-state index contributed by atoms with van der Waals surface area (Å²) in [6, 6.07) is -0.294. The zero-order valence-corrected chi connectivity index (χ0v) is 11.1. The lowest BCUT2D eigenvalue weighted by atomic mass is 10.4. The standard InChI is InChI=1S/C8H16N4O2S.ClH/c1-6(4-9)11-15(13,14)8-5-12(3)7(2)10-8;/h5-6,11H,4,9H2,1-3H3;1H/t6-;/m0./s1. The van der Waals surface area contributed by atoms with E-state index >= 15 is 0 Å². The zero-order chi connectivity index (χ0) is 11.6. The lowest BCUT2D eigenvalue weighted by Gasteiger charge is -2.09. The summed E-state index contributed by atoms with van der Waals surface area (Å²) in [7, 11) is -1.79. The molecule has 1 aromatic heterocycles. The van der Waals surface area contributed by atoms with Gasteiger partial charge in [-0.2, -0.15) is 0 Å². The van der Waals surface area contributed by atoms with Crippen LogP contribution in [0, 0.1) is 6.92 Å². The van der Waals surface area contributed by atoms with Crippen molar-refractivity contribution in [2.45, 2.75) is 24.9 Å². The van der Waals surface area contributed by atoms with E-state index in [4.69, 9.17) is 5.73 Å². The third kappa shape index (κ3) is 3.44. The van der Waals surface area contributed by atoms with Crippen molar-refractivity contribution < 1.29 is 8.42 Å². The minimum absolute atomic E-state index is 0. The monoisotopic (exact) mass is 268 g/mol. The molecule has 8 heteroatoms. The van der Waals surface area contributed by atoms with Crippen molar-refractivity contribution in [1.29, 1.82) is 0 Å². The molecular weight excluding hydrogens is 252 g/mol. The van der Waals surface area contributed by atoms with Gasteiger partial charge in [-0.15, -0.1) is 12.4 Å². The molecule has 6 nitrogen and oxygen atoms in total. The van der Waals surface area contributed by atoms with Crippen LogP contribution >= 0.6 is 12.4 Å². The summed E-state index contributed by atoms with van der Waals surface area (Å²) in [5.41, 5.74) is 5.34. The molecule has 1 rings (SSSR count). The van der Waals surface area contributed by atoms with E-state index in [1.807, 2.05) is 0 Å². The lowest BCUT2D eigenvalue weighted by molar-refractivity contribution is 0.559. The number of nitrogens with two attached hydrogens (primary N) is 1. The predicted octanol–water partition coefficient (Wildman–Crippen LogP) is -0.224. The fraction of sp³-hybridized carbons (Fsp3) is 0.625. The Bertz CT molecular complexity index is 423. The van der Waals surface area contributed by atoms with Crippen LogP contribution in [0.5, 0.6) is 0 Å². The van der Waals surface area contributed by atoms with Crippen molar-refractivity contribution in [3.8, 4) is 0 Å². The maximum absolute atomic E-state index is 11.7. The highest BCUT2D eigenvalue weighted by molar-refractivity contribution is 7.89. The molecule has 0 amide bonds. The van der Waals surface area contributed by atoms with Crippen molar-refractivity contribution in [1.82, 2.24) is 14.3 Å². The summed E-state index contributed by atoms with van der Waals surface area (Å²) in [6.45, 7) is 3.70. The van der Waals surface area contributed by atoms with E-state index in [0.29, 0.717) is 5.82 Å². The Labute approximate surface area is 102 Å². The zero-order valence-electron chi connectivity index (χ0n) is 9.47. The molecule has 0 aliphatic rings. The molecule has 0 saturated carbocycles. The number of sulfonamides is 1. The Balaban J connectivity index is 0.00000225. The minimum Gasteiger partial charge on any atom is -0.337 e. The highest BCUT2D eigenvalue weighted by atomic mass is 35.5. The molecule has 0 bridgehead atoms. The number of aromatic nitrogens is 2. The van der Waals surface area contributed by atoms with Gasteiger partial charge in [0.15, 0.2) is 5.03 Å². The molecule has 0 spiro atoms. The SMILES string of the molecule is Cc1nc(S(=O)(=O)N[C@@H](C)CN)cn1C.Cl. The predicted molar refractivity (Wildman–Crippen MR) is 64.0 cm³/mol. The van der Waals surface area contributed by atoms with E-state index in [9.17, 15) is 8.42 Å². The maximum Gasteiger partial charge on any atom is 0.259 e. The van der Waals surface area contributed by atoms with Gasteiger partial charge in [-0.1, -0.05) is 0 Å². The van der Waals surface area contributed by atoms with Crippen molar-refractivity contribution >= 4 is 22.4 Å². The summed E-state index contributed by atoms with van der Waals surface area (Å²) in [4.78, 5) is 3.94. The van der Waals surface area contributed by atoms with Gasteiger partial charge in [0.1, 0.15) is 5.82 Å². The number of imidazole rings is 1. The Morgan fingerprint density at radius 2 is 2.19 bits per heavy atom. The Morgan fingerprint density at radius 1 is 1.62 bits per heavy atom. The van der Waals surface area contributed by atoms with Crippen LogP contribution in [0.15, 0.2) is 11.2 Å². The maximum atomic E-state index is 11.7. The van der Waals surface area contributed by atoms with E-state index < -0.39 is 10.0 Å². The molecule has 1 heterocycles. The third-order valence-electron chi connectivity index (χ3n) is 2.07. The average Bonchev–Trinajstić information content (AvgIpc) is 2.47. The number of aryl methyl sites for hydroxylation is 2. The van der Waals surface area contributed by atoms with Crippen molar-refractivity contribution in [3.63, 3.8) is 0 Å². The number of nitrogens with zero attached hydrogens (tertiary/aromatic N) is 2. The summed E-state index contributed by atoms with van der Waals surface area (Å²) < 4.78 is 27.5. The van der Waals surface area contributed by atoms with E-state index in [1.165, 1.54) is 6.20 Å². The fourth-order valence-corrected chi connectivity index (χ4v) is 2.32. The summed E-state index contributed by atoms with van der Waals surface area (Å²) in [6.07, 6.45) is 1.47. The van der Waals surface area contributed by atoms with Crippen LogP contribution in [-0.4, -0.2) is 30.6 Å². The molecule has 16 heavy (non-hydrogen) atoms. The first-order valence-electron chi connectivity index (χ1n) is 4.59. The van der Waals surface area contributed by atoms with E-state index in [0.717, 1.165) is 0 Å². The highest BCUT2D eigenvalue weighted by Crippen LogP contribution is 2.07. The number of rotatable bonds is 4. The van der Waals surface area contributed by atoms with Crippen LogP contribution in [-0.2, 0) is 17.1 Å². The normalized spacial score (nSPS) is 13.2. The van der Waals surface area contributed by atoms with Gasteiger partial charge >= 0.3 is 0 Å². The van der Waals surface area contributed by atoms with Crippen LogP contribution in [0.25, 0.3) is 0 Å². The van der Waals surface area contributed by atoms with Gasteiger partial charge in [0, 0.05) is 25.8 Å². The Kier molecular flexibility index (Phi) is 5.40. The van der Waals surface area contributed by atoms with E-state index in [2.05, 4.69) is 9.71 Å².